The van der Waals surface area contributed by atoms with Crippen molar-refractivity contribution in [3.05, 3.63) is 47.6 Å². The van der Waals surface area contributed by atoms with E-state index in [1.807, 2.05) is 0 Å². The second-order valence-corrected chi connectivity index (χ2v) is 3.12. The van der Waals surface area contributed by atoms with Crippen molar-refractivity contribution < 1.29 is 18.1 Å². The number of amides is 1. The SMILES string of the molecule is O=C(NCc1ccno1)c1ccnc(F)c1F. The van der Waals surface area contributed by atoms with Gasteiger partial charge in [-0.25, -0.2) is 9.37 Å². The van der Waals surface area contributed by atoms with Crippen LogP contribution in [0, 0.1) is 11.8 Å². The maximum atomic E-state index is 13.2. The number of carbonyl (C=O) groups excluding carboxylic acids is 1. The molecule has 17 heavy (non-hydrogen) atoms. The molecule has 2 rings (SSSR count). The molecule has 0 radical (unpaired) electrons. The van der Waals surface area contributed by atoms with E-state index in [-0.39, 0.29) is 6.54 Å². The van der Waals surface area contributed by atoms with Gasteiger partial charge in [0.25, 0.3) is 5.91 Å². The molecule has 0 bridgehead atoms. The third-order valence-corrected chi connectivity index (χ3v) is 2.01. The van der Waals surface area contributed by atoms with Crippen LogP contribution in [0.1, 0.15) is 16.1 Å². The summed E-state index contributed by atoms with van der Waals surface area (Å²) in [6.07, 6.45) is 2.43. The number of rotatable bonds is 3. The molecule has 0 aliphatic carbocycles. The van der Waals surface area contributed by atoms with Gasteiger partial charge in [-0.05, 0) is 6.07 Å². The fourth-order valence-electron chi connectivity index (χ4n) is 1.19. The lowest BCUT2D eigenvalue weighted by Crippen LogP contribution is -2.24. The highest BCUT2D eigenvalue weighted by atomic mass is 19.2. The molecule has 88 valence electrons. The van der Waals surface area contributed by atoms with Crippen LogP contribution in [0.5, 0.6) is 0 Å². The first-order valence-corrected chi connectivity index (χ1v) is 4.66. The lowest BCUT2D eigenvalue weighted by Gasteiger charge is -2.03. The van der Waals surface area contributed by atoms with Gasteiger partial charge in [-0.3, -0.25) is 4.79 Å². The average Bonchev–Trinajstić information content (AvgIpc) is 2.82. The molecular formula is C10H7F2N3O2. The zero-order chi connectivity index (χ0) is 12.3. The molecule has 0 aliphatic rings. The third kappa shape index (κ3) is 2.44. The zero-order valence-corrected chi connectivity index (χ0v) is 8.48. The minimum absolute atomic E-state index is 0.0439. The second kappa shape index (κ2) is 4.69. The number of nitrogens with one attached hydrogen (secondary N) is 1. The van der Waals surface area contributed by atoms with Crippen LogP contribution in [-0.4, -0.2) is 16.0 Å². The fraction of sp³-hybridized carbons (Fsp3) is 0.100. The van der Waals surface area contributed by atoms with Gasteiger partial charge < -0.3 is 9.84 Å². The Balaban J connectivity index is 2.07. The maximum absolute atomic E-state index is 13.2. The van der Waals surface area contributed by atoms with Crippen LogP contribution in [0.25, 0.3) is 0 Å². The molecule has 0 spiro atoms. The number of hydrogen-bond acceptors (Lipinski definition) is 4. The molecule has 2 heterocycles. The Labute approximate surface area is 94.4 Å². The second-order valence-electron chi connectivity index (χ2n) is 3.12. The quantitative estimate of drug-likeness (QED) is 0.819. The van der Waals surface area contributed by atoms with Crippen molar-refractivity contribution in [1.82, 2.24) is 15.5 Å². The van der Waals surface area contributed by atoms with E-state index in [4.69, 9.17) is 4.52 Å². The maximum Gasteiger partial charge on any atom is 0.254 e. The topological polar surface area (TPSA) is 68.0 Å². The van der Waals surface area contributed by atoms with Crippen LogP contribution in [0.3, 0.4) is 0 Å². The normalized spacial score (nSPS) is 10.2. The van der Waals surface area contributed by atoms with Crippen molar-refractivity contribution in [3.8, 4) is 0 Å². The minimum atomic E-state index is -1.31. The van der Waals surface area contributed by atoms with Crippen molar-refractivity contribution in [2.75, 3.05) is 0 Å². The van der Waals surface area contributed by atoms with Crippen LogP contribution < -0.4 is 5.32 Å². The van der Waals surface area contributed by atoms with Gasteiger partial charge in [-0.2, -0.15) is 4.39 Å². The highest BCUT2D eigenvalue weighted by Gasteiger charge is 2.15. The summed E-state index contributed by atoms with van der Waals surface area (Å²) >= 11 is 0. The van der Waals surface area contributed by atoms with Gasteiger partial charge >= 0.3 is 0 Å². The number of pyridine rings is 1. The first-order chi connectivity index (χ1) is 8.18. The lowest BCUT2D eigenvalue weighted by molar-refractivity contribution is 0.0941. The zero-order valence-electron chi connectivity index (χ0n) is 8.48. The predicted octanol–water partition coefficient (Wildman–Crippen LogP) is 1.28. The van der Waals surface area contributed by atoms with Crippen molar-refractivity contribution in [2.45, 2.75) is 6.54 Å². The van der Waals surface area contributed by atoms with Crippen LogP contribution >= 0.6 is 0 Å². The summed E-state index contributed by atoms with van der Waals surface area (Å²) in [6.45, 7) is 0.0439. The summed E-state index contributed by atoms with van der Waals surface area (Å²) in [6, 6.07) is 2.64. The molecule has 0 saturated carbocycles. The number of nitrogens with zero attached hydrogens (tertiary/aromatic N) is 2. The molecule has 0 atom stereocenters. The summed E-state index contributed by atoms with van der Waals surface area (Å²) in [5, 5.41) is 5.80. The molecule has 0 saturated heterocycles. The van der Waals surface area contributed by atoms with E-state index < -0.39 is 23.2 Å². The average molecular weight is 239 g/mol. The fourth-order valence-corrected chi connectivity index (χ4v) is 1.19. The van der Waals surface area contributed by atoms with Crippen molar-refractivity contribution in [3.63, 3.8) is 0 Å². The molecule has 2 aromatic heterocycles. The molecule has 0 aliphatic heterocycles. The lowest BCUT2D eigenvalue weighted by atomic mass is 10.2. The van der Waals surface area contributed by atoms with Crippen LogP contribution in [0.15, 0.2) is 29.0 Å². The van der Waals surface area contributed by atoms with Gasteiger partial charge in [0.05, 0.1) is 18.3 Å². The van der Waals surface area contributed by atoms with Crippen molar-refractivity contribution in [2.24, 2.45) is 0 Å². The Kier molecular flexibility index (Phi) is 3.08. The van der Waals surface area contributed by atoms with Gasteiger partial charge in [0.2, 0.25) is 5.95 Å². The van der Waals surface area contributed by atoms with Crippen LogP contribution in [0.4, 0.5) is 8.78 Å². The van der Waals surface area contributed by atoms with Crippen molar-refractivity contribution in [1.29, 1.82) is 0 Å². The van der Waals surface area contributed by atoms with Gasteiger partial charge in [0, 0.05) is 12.3 Å². The van der Waals surface area contributed by atoms with Gasteiger partial charge in [-0.1, -0.05) is 5.16 Å². The molecule has 0 unspecified atom stereocenters. The Morgan fingerprint density at radius 2 is 2.18 bits per heavy atom. The molecule has 5 nitrogen and oxygen atoms in total. The van der Waals surface area contributed by atoms with Gasteiger partial charge in [0.15, 0.2) is 11.6 Å². The van der Waals surface area contributed by atoms with Crippen molar-refractivity contribution >= 4 is 5.91 Å². The Hall–Kier alpha value is -2.31. The summed E-state index contributed by atoms with van der Waals surface area (Å²) < 4.78 is 30.7. The number of aromatic nitrogens is 2. The Morgan fingerprint density at radius 1 is 1.35 bits per heavy atom. The van der Waals surface area contributed by atoms with Crippen LogP contribution in [-0.2, 0) is 6.54 Å². The van der Waals surface area contributed by atoms with E-state index >= 15 is 0 Å². The first kappa shape index (κ1) is 11.2. The molecule has 1 N–H and O–H groups in total. The summed E-state index contributed by atoms with van der Waals surface area (Å²) in [4.78, 5) is 14.6. The highest BCUT2D eigenvalue weighted by molar-refractivity contribution is 5.94. The largest absolute Gasteiger partial charge is 0.360 e. The monoisotopic (exact) mass is 239 g/mol. The van der Waals surface area contributed by atoms with E-state index in [0.717, 1.165) is 12.3 Å². The van der Waals surface area contributed by atoms with E-state index in [0.29, 0.717) is 5.76 Å². The van der Waals surface area contributed by atoms with Gasteiger partial charge in [-0.15, -0.1) is 0 Å². The summed E-state index contributed by atoms with van der Waals surface area (Å²) in [7, 11) is 0. The summed E-state index contributed by atoms with van der Waals surface area (Å²) in [5.41, 5.74) is -0.406. The summed E-state index contributed by atoms with van der Waals surface area (Å²) in [5.74, 6) is -2.92. The van der Waals surface area contributed by atoms with Gasteiger partial charge in [0.1, 0.15) is 0 Å². The molecule has 1 amide bonds. The molecule has 7 heteroatoms. The first-order valence-electron chi connectivity index (χ1n) is 4.66. The van der Waals surface area contributed by atoms with Crippen LogP contribution in [0.2, 0.25) is 0 Å². The third-order valence-electron chi connectivity index (χ3n) is 2.01. The standard InChI is InChI=1S/C10H7F2N3O2/c11-8-7(2-3-13-9(8)12)10(16)14-5-6-1-4-15-17-6/h1-4H,5H2,(H,14,16). The molecular weight excluding hydrogens is 232 g/mol. The Morgan fingerprint density at radius 3 is 2.88 bits per heavy atom. The van der Waals surface area contributed by atoms with E-state index in [1.165, 1.54) is 6.20 Å². The molecule has 0 fully saturated rings. The smallest absolute Gasteiger partial charge is 0.254 e. The molecule has 0 aromatic carbocycles. The minimum Gasteiger partial charge on any atom is -0.360 e. The number of halogens is 2. The highest BCUT2D eigenvalue weighted by Crippen LogP contribution is 2.08. The van der Waals surface area contributed by atoms with E-state index in [9.17, 15) is 13.6 Å². The van der Waals surface area contributed by atoms with E-state index in [2.05, 4.69) is 15.5 Å². The Bertz CT molecular complexity index is 528. The molecule has 2 aromatic rings. The number of carbonyl (C=O) groups is 1. The predicted molar refractivity (Wildman–Crippen MR) is 51.8 cm³/mol. The van der Waals surface area contributed by atoms with E-state index in [1.54, 1.807) is 6.07 Å². The number of hydrogen-bond donors (Lipinski definition) is 1.